The fourth-order valence-corrected chi connectivity index (χ4v) is 2.21. The van der Waals surface area contributed by atoms with E-state index in [1.807, 2.05) is 0 Å². The second kappa shape index (κ2) is 6.23. The van der Waals surface area contributed by atoms with Gasteiger partial charge in [0.2, 0.25) is 0 Å². The van der Waals surface area contributed by atoms with Crippen molar-refractivity contribution in [2.24, 2.45) is 0 Å². The number of rotatable bonds is 6. The lowest BCUT2D eigenvalue weighted by molar-refractivity contribution is 0.397. The van der Waals surface area contributed by atoms with Crippen LogP contribution in [0.1, 0.15) is 32.8 Å². The normalized spacial score (nSPS) is 13.4. The van der Waals surface area contributed by atoms with Crippen LogP contribution in [0.25, 0.3) is 0 Å². The first-order valence-electron chi connectivity index (χ1n) is 6.04. The van der Waals surface area contributed by atoms with Crippen LogP contribution in [-0.4, -0.2) is 12.6 Å². The molecule has 0 aromatic heterocycles. The average molecular weight is 252 g/mol. The van der Waals surface area contributed by atoms with E-state index in [4.69, 9.17) is 11.6 Å². The van der Waals surface area contributed by atoms with Crippen molar-refractivity contribution in [2.75, 3.05) is 6.54 Å². The molecule has 0 saturated carbocycles. The van der Waals surface area contributed by atoms with Crippen LogP contribution in [0.3, 0.4) is 0 Å². The van der Waals surface area contributed by atoms with Crippen molar-refractivity contribution >= 4 is 11.6 Å². The van der Waals surface area contributed by atoms with Gasteiger partial charge in [0.05, 0.1) is 0 Å². The second-order valence-electron chi connectivity index (χ2n) is 5.25. The van der Waals surface area contributed by atoms with Crippen molar-refractivity contribution in [3.05, 3.63) is 47.5 Å². The molecule has 1 aromatic rings. The van der Waals surface area contributed by atoms with Gasteiger partial charge in [-0.1, -0.05) is 62.4 Å². The van der Waals surface area contributed by atoms with Crippen molar-refractivity contribution < 1.29 is 0 Å². The summed E-state index contributed by atoms with van der Waals surface area (Å²) >= 11 is 5.75. The van der Waals surface area contributed by atoms with Gasteiger partial charge < -0.3 is 5.32 Å². The van der Waals surface area contributed by atoms with Gasteiger partial charge in [0.1, 0.15) is 0 Å². The Morgan fingerprint density at radius 3 is 2.47 bits per heavy atom. The standard InChI is InChI=1S/C15H22ClN/c1-12(16)11-17-13(2)10-15(3,4)14-8-6-5-7-9-14/h5-9,13,17H,1,10-11H2,2-4H3. The van der Waals surface area contributed by atoms with Crippen LogP contribution >= 0.6 is 11.6 Å². The van der Waals surface area contributed by atoms with Crippen molar-refractivity contribution in [2.45, 2.75) is 38.6 Å². The molecule has 0 spiro atoms. The molecule has 1 aromatic carbocycles. The predicted molar refractivity (Wildman–Crippen MR) is 76.5 cm³/mol. The molecular weight excluding hydrogens is 230 g/mol. The molecule has 94 valence electrons. The quantitative estimate of drug-likeness (QED) is 0.803. The topological polar surface area (TPSA) is 12.0 Å². The Bertz CT molecular complexity index is 356. The maximum atomic E-state index is 5.75. The summed E-state index contributed by atoms with van der Waals surface area (Å²) in [6, 6.07) is 11.0. The Morgan fingerprint density at radius 1 is 1.35 bits per heavy atom. The molecule has 0 aliphatic rings. The zero-order valence-corrected chi connectivity index (χ0v) is 11.7. The predicted octanol–water partition coefficient (Wildman–Crippen LogP) is 4.08. The highest BCUT2D eigenvalue weighted by molar-refractivity contribution is 6.29. The molecule has 0 radical (unpaired) electrons. The highest BCUT2D eigenvalue weighted by Crippen LogP contribution is 2.28. The highest BCUT2D eigenvalue weighted by Gasteiger charge is 2.22. The third-order valence-electron chi connectivity index (χ3n) is 3.01. The van der Waals surface area contributed by atoms with E-state index in [0.717, 1.165) is 6.42 Å². The Kier molecular flexibility index (Phi) is 5.23. The van der Waals surface area contributed by atoms with Gasteiger partial charge in [-0.25, -0.2) is 0 Å². The van der Waals surface area contributed by atoms with E-state index in [1.165, 1.54) is 5.56 Å². The van der Waals surface area contributed by atoms with Crippen LogP contribution in [0, 0.1) is 0 Å². The monoisotopic (exact) mass is 251 g/mol. The molecule has 0 fully saturated rings. The Morgan fingerprint density at radius 2 is 1.94 bits per heavy atom. The molecule has 1 rings (SSSR count). The highest BCUT2D eigenvalue weighted by atomic mass is 35.5. The fraction of sp³-hybridized carbons (Fsp3) is 0.467. The summed E-state index contributed by atoms with van der Waals surface area (Å²) in [6.45, 7) is 11.1. The lowest BCUT2D eigenvalue weighted by Gasteiger charge is -2.29. The number of hydrogen-bond donors (Lipinski definition) is 1. The second-order valence-corrected chi connectivity index (χ2v) is 5.79. The van der Waals surface area contributed by atoms with Gasteiger partial charge in [0.15, 0.2) is 0 Å². The summed E-state index contributed by atoms with van der Waals surface area (Å²) in [5, 5.41) is 4.04. The van der Waals surface area contributed by atoms with E-state index in [0.29, 0.717) is 17.6 Å². The summed E-state index contributed by atoms with van der Waals surface area (Å²) in [7, 11) is 0. The Hall–Kier alpha value is -0.790. The molecule has 1 atom stereocenters. The smallest absolute Gasteiger partial charge is 0.0309 e. The van der Waals surface area contributed by atoms with Gasteiger partial charge in [0, 0.05) is 17.6 Å². The van der Waals surface area contributed by atoms with Crippen LogP contribution in [0.4, 0.5) is 0 Å². The molecule has 0 saturated heterocycles. The molecular formula is C15H22ClN. The first-order chi connectivity index (χ1) is 7.92. The maximum absolute atomic E-state index is 5.75. The van der Waals surface area contributed by atoms with E-state index >= 15 is 0 Å². The van der Waals surface area contributed by atoms with Gasteiger partial charge >= 0.3 is 0 Å². The van der Waals surface area contributed by atoms with Gasteiger partial charge in [-0.3, -0.25) is 0 Å². The zero-order valence-electron chi connectivity index (χ0n) is 11.0. The van der Waals surface area contributed by atoms with Crippen molar-refractivity contribution in [3.8, 4) is 0 Å². The molecule has 0 aliphatic heterocycles. The minimum Gasteiger partial charge on any atom is -0.309 e. The lowest BCUT2D eigenvalue weighted by Crippen LogP contribution is -2.33. The minimum atomic E-state index is 0.168. The van der Waals surface area contributed by atoms with Crippen LogP contribution in [0.5, 0.6) is 0 Å². The largest absolute Gasteiger partial charge is 0.309 e. The summed E-state index contributed by atoms with van der Waals surface area (Å²) in [6.07, 6.45) is 1.07. The van der Waals surface area contributed by atoms with Crippen LogP contribution in [-0.2, 0) is 5.41 Å². The SMILES string of the molecule is C=C(Cl)CNC(C)CC(C)(C)c1ccccc1. The summed E-state index contributed by atoms with van der Waals surface area (Å²) < 4.78 is 0. The first-order valence-corrected chi connectivity index (χ1v) is 6.42. The summed E-state index contributed by atoms with van der Waals surface area (Å²) in [5.74, 6) is 0. The first kappa shape index (κ1) is 14.3. The van der Waals surface area contributed by atoms with Crippen LogP contribution in [0.15, 0.2) is 41.9 Å². The van der Waals surface area contributed by atoms with Gasteiger partial charge in [-0.15, -0.1) is 0 Å². The Labute approximate surface area is 110 Å². The minimum absolute atomic E-state index is 0.168. The Balaban J connectivity index is 2.57. The van der Waals surface area contributed by atoms with Gasteiger partial charge in [0.25, 0.3) is 0 Å². The molecule has 0 heterocycles. The van der Waals surface area contributed by atoms with Crippen molar-refractivity contribution in [1.82, 2.24) is 5.32 Å². The molecule has 1 unspecified atom stereocenters. The summed E-state index contributed by atoms with van der Waals surface area (Å²) in [4.78, 5) is 0. The van der Waals surface area contributed by atoms with Gasteiger partial charge in [-0.05, 0) is 24.3 Å². The maximum Gasteiger partial charge on any atom is 0.0309 e. The number of hydrogen-bond acceptors (Lipinski definition) is 1. The summed E-state index contributed by atoms with van der Waals surface area (Å²) in [5.41, 5.74) is 1.54. The van der Waals surface area contributed by atoms with Crippen molar-refractivity contribution in [3.63, 3.8) is 0 Å². The zero-order chi connectivity index (χ0) is 12.9. The number of halogens is 1. The van der Waals surface area contributed by atoms with Crippen molar-refractivity contribution in [1.29, 1.82) is 0 Å². The number of benzene rings is 1. The molecule has 2 heteroatoms. The molecule has 0 bridgehead atoms. The van der Waals surface area contributed by atoms with Crippen LogP contribution < -0.4 is 5.32 Å². The van der Waals surface area contributed by atoms with E-state index in [1.54, 1.807) is 0 Å². The van der Waals surface area contributed by atoms with Crippen LogP contribution in [0.2, 0.25) is 0 Å². The molecule has 1 nitrogen and oxygen atoms in total. The molecule has 1 N–H and O–H groups in total. The molecule has 0 amide bonds. The van der Waals surface area contributed by atoms with Gasteiger partial charge in [-0.2, -0.15) is 0 Å². The lowest BCUT2D eigenvalue weighted by atomic mass is 9.79. The molecule has 17 heavy (non-hydrogen) atoms. The van der Waals surface area contributed by atoms with E-state index in [-0.39, 0.29) is 5.41 Å². The van der Waals surface area contributed by atoms with E-state index in [9.17, 15) is 0 Å². The van der Waals surface area contributed by atoms with E-state index < -0.39 is 0 Å². The third kappa shape index (κ3) is 4.93. The fourth-order valence-electron chi connectivity index (χ4n) is 2.13. The number of nitrogens with one attached hydrogen (secondary N) is 1. The molecule has 0 aliphatic carbocycles. The average Bonchev–Trinajstić information content (AvgIpc) is 2.27. The third-order valence-corrected chi connectivity index (χ3v) is 3.15. The van der Waals surface area contributed by atoms with E-state index in [2.05, 4.69) is 63.0 Å².